The molecule has 2 N–H and O–H groups in total. The summed E-state index contributed by atoms with van der Waals surface area (Å²) in [7, 11) is -3.77. The highest BCUT2D eigenvalue weighted by Gasteiger charge is 2.25. The Hall–Kier alpha value is -1.47. The molecule has 0 bridgehead atoms. The van der Waals surface area contributed by atoms with E-state index >= 15 is 0 Å². The Morgan fingerprint density at radius 1 is 1.33 bits per heavy atom. The van der Waals surface area contributed by atoms with E-state index in [2.05, 4.69) is 15.0 Å². The van der Waals surface area contributed by atoms with E-state index in [-0.39, 0.29) is 16.6 Å². The van der Waals surface area contributed by atoms with E-state index in [9.17, 15) is 13.2 Å². The molecule has 7 heteroatoms. The van der Waals surface area contributed by atoms with Gasteiger partial charge in [0.1, 0.15) is 0 Å². The van der Waals surface area contributed by atoms with Crippen LogP contribution in [0.5, 0.6) is 0 Å². The lowest BCUT2D eigenvalue weighted by Gasteiger charge is -2.20. The van der Waals surface area contributed by atoms with Crippen LogP contribution in [0.2, 0.25) is 0 Å². The van der Waals surface area contributed by atoms with Crippen molar-refractivity contribution >= 4 is 21.6 Å². The van der Waals surface area contributed by atoms with Crippen molar-refractivity contribution in [2.75, 3.05) is 5.32 Å². The summed E-state index contributed by atoms with van der Waals surface area (Å²) in [5.74, 6) is -0.352. The number of nitrogens with one attached hydrogen (secondary N) is 2. The number of nitrogens with zero attached hydrogens (tertiary/aromatic N) is 1. The highest BCUT2D eigenvalue weighted by molar-refractivity contribution is 7.89. The van der Waals surface area contributed by atoms with Crippen molar-refractivity contribution in [3.63, 3.8) is 0 Å². The van der Waals surface area contributed by atoms with Gasteiger partial charge in [-0.05, 0) is 32.9 Å². The lowest BCUT2D eigenvalue weighted by molar-refractivity contribution is -0.114. The fourth-order valence-electron chi connectivity index (χ4n) is 1.34. The summed E-state index contributed by atoms with van der Waals surface area (Å²) >= 11 is 0. The van der Waals surface area contributed by atoms with Crippen LogP contribution < -0.4 is 10.0 Å². The third kappa shape index (κ3) is 4.08. The smallest absolute Gasteiger partial charge is 0.260 e. The number of hydrogen-bond donors (Lipinski definition) is 2. The van der Waals surface area contributed by atoms with Crippen molar-refractivity contribution in [3.8, 4) is 0 Å². The number of sulfonamides is 1. The summed E-state index contributed by atoms with van der Waals surface area (Å²) in [6, 6.07) is 3.05. The van der Waals surface area contributed by atoms with E-state index in [0.29, 0.717) is 0 Å². The Bertz CT molecular complexity index is 547. The molecule has 6 nitrogen and oxygen atoms in total. The topological polar surface area (TPSA) is 88.2 Å². The van der Waals surface area contributed by atoms with E-state index in [0.717, 1.165) is 0 Å². The van der Waals surface area contributed by atoms with Gasteiger partial charge in [0.25, 0.3) is 10.0 Å². The third-order valence-electron chi connectivity index (χ3n) is 1.78. The van der Waals surface area contributed by atoms with Gasteiger partial charge in [0.15, 0.2) is 5.03 Å². The minimum atomic E-state index is -3.77. The fourth-order valence-corrected chi connectivity index (χ4v) is 2.85. The number of amides is 1. The van der Waals surface area contributed by atoms with Gasteiger partial charge in [-0.2, -0.15) is 0 Å². The van der Waals surface area contributed by atoms with Gasteiger partial charge in [-0.25, -0.2) is 18.1 Å². The van der Waals surface area contributed by atoms with Gasteiger partial charge in [-0.15, -0.1) is 0 Å². The quantitative estimate of drug-likeness (QED) is 0.862. The monoisotopic (exact) mass is 271 g/mol. The lowest BCUT2D eigenvalue weighted by Crippen LogP contribution is -2.41. The zero-order valence-electron chi connectivity index (χ0n) is 10.8. The minimum Gasteiger partial charge on any atom is -0.324 e. The van der Waals surface area contributed by atoms with Crippen LogP contribution in [0, 0.1) is 0 Å². The van der Waals surface area contributed by atoms with Crippen molar-refractivity contribution in [1.29, 1.82) is 0 Å². The van der Waals surface area contributed by atoms with Crippen molar-refractivity contribution < 1.29 is 13.2 Å². The van der Waals surface area contributed by atoms with Crippen LogP contribution in [0.15, 0.2) is 23.4 Å². The molecule has 1 amide bonds. The van der Waals surface area contributed by atoms with Gasteiger partial charge in [0, 0.05) is 18.7 Å². The molecule has 0 unspecified atom stereocenters. The average Bonchev–Trinajstić information content (AvgIpc) is 2.13. The minimum absolute atomic E-state index is 0.168. The van der Waals surface area contributed by atoms with Crippen molar-refractivity contribution in [2.24, 2.45) is 0 Å². The maximum atomic E-state index is 12.1. The summed E-state index contributed by atoms with van der Waals surface area (Å²) < 4.78 is 26.7. The summed E-state index contributed by atoms with van der Waals surface area (Å²) in [5.41, 5.74) is -0.453. The van der Waals surface area contributed by atoms with Gasteiger partial charge < -0.3 is 5.32 Å². The second-order valence-electron chi connectivity index (χ2n) is 4.89. The van der Waals surface area contributed by atoms with E-state index in [1.165, 1.54) is 19.2 Å². The first kappa shape index (κ1) is 14.6. The molecule has 0 atom stereocenters. The Kier molecular flexibility index (Phi) is 4.08. The number of anilines is 1. The van der Waals surface area contributed by atoms with Crippen LogP contribution in [0.3, 0.4) is 0 Å². The Morgan fingerprint density at radius 3 is 2.44 bits per heavy atom. The highest BCUT2D eigenvalue weighted by atomic mass is 32.2. The fraction of sp³-hybridized carbons (Fsp3) is 0.455. The average molecular weight is 271 g/mol. The zero-order valence-corrected chi connectivity index (χ0v) is 11.6. The summed E-state index contributed by atoms with van der Waals surface area (Å²) in [5, 5.41) is 2.26. The first-order chi connectivity index (χ1) is 8.12. The molecule has 0 aliphatic heterocycles. The van der Waals surface area contributed by atoms with Gasteiger partial charge in [0.2, 0.25) is 5.91 Å². The Morgan fingerprint density at radius 2 is 1.94 bits per heavy atom. The largest absolute Gasteiger partial charge is 0.324 e. The number of carbonyl (C=O) groups excluding carboxylic acids is 1. The summed E-state index contributed by atoms with van der Waals surface area (Å²) in [6.07, 6.45) is 1.36. The molecular formula is C11H17N3O3S. The standard InChI is InChI=1S/C11H17N3O3S/c1-8(15)13-9-6-5-7-12-10(9)18(16,17)14-11(2,3)4/h5-7,14H,1-4H3,(H,13,15). The number of carbonyl (C=O) groups is 1. The zero-order chi connectivity index (χ0) is 14.0. The van der Waals surface area contributed by atoms with Gasteiger partial charge >= 0.3 is 0 Å². The third-order valence-corrected chi connectivity index (χ3v) is 3.49. The van der Waals surface area contributed by atoms with Crippen LogP contribution in [-0.4, -0.2) is 24.8 Å². The molecule has 0 radical (unpaired) electrons. The van der Waals surface area contributed by atoms with E-state index < -0.39 is 15.6 Å². The van der Waals surface area contributed by atoms with E-state index in [1.54, 1.807) is 26.8 Å². The summed E-state index contributed by atoms with van der Waals surface area (Å²) in [4.78, 5) is 14.8. The maximum absolute atomic E-state index is 12.1. The van der Waals surface area contributed by atoms with Crippen LogP contribution in [0.1, 0.15) is 27.7 Å². The first-order valence-corrected chi connectivity index (χ1v) is 6.87. The molecule has 0 spiro atoms. The van der Waals surface area contributed by atoms with Gasteiger partial charge in [-0.3, -0.25) is 4.79 Å². The number of aromatic nitrogens is 1. The predicted octanol–water partition coefficient (Wildman–Crippen LogP) is 1.12. The van der Waals surface area contributed by atoms with Crippen LogP contribution in [0.4, 0.5) is 5.69 Å². The van der Waals surface area contributed by atoms with Crippen LogP contribution in [0.25, 0.3) is 0 Å². The molecule has 0 saturated carbocycles. The normalized spacial score (nSPS) is 12.2. The van der Waals surface area contributed by atoms with Crippen LogP contribution >= 0.6 is 0 Å². The molecule has 0 aliphatic carbocycles. The number of hydrogen-bond acceptors (Lipinski definition) is 4. The second kappa shape index (κ2) is 5.03. The molecule has 1 rings (SSSR count). The maximum Gasteiger partial charge on any atom is 0.260 e. The Balaban J connectivity index is 3.20. The second-order valence-corrected chi connectivity index (χ2v) is 6.49. The molecule has 0 aliphatic rings. The lowest BCUT2D eigenvalue weighted by atomic mass is 10.1. The highest BCUT2D eigenvalue weighted by Crippen LogP contribution is 2.19. The number of pyridine rings is 1. The van der Waals surface area contributed by atoms with Gasteiger partial charge in [0.05, 0.1) is 5.69 Å². The molecular weight excluding hydrogens is 254 g/mol. The molecule has 0 fully saturated rings. The van der Waals surface area contributed by atoms with Crippen molar-refractivity contribution in [1.82, 2.24) is 9.71 Å². The molecule has 100 valence electrons. The SMILES string of the molecule is CC(=O)Nc1cccnc1S(=O)(=O)NC(C)(C)C. The molecule has 18 heavy (non-hydrogen) atoms. The van der Waals surface area contributed by atoms with Crippen molar-refractivity contribution in [3.05, 3.63) is 18.3 Å². The molecule has 1 aromatic heterocycles. The van der Waals surface area contributed by atoms with Gasteiger partial charge in [-0.1, -0.05) is 0 Å². The first-order valence-electron chi connectivity index (χ1n) is 5.38. The molecule has 1 heterocycles. The molecule has 1 aromatic rings. The van der Waals surface area contributed by atoms with E-state index in [1.807, 2.05) is 0 Å². The van der Waals surface area contributed by atoms with Crippen molar-refractivity contribution in [2.45, 2.75) is 38.3 Å². The molecule has 0 saturated heterocycles. The predicted molar refractivity (Wildman–Crippen MR) is 68.6 cm³/mol. The van der Waals surface area contributed by atoms with E-state index in [4.69, 9.17) is 0 Å². The summed E-state index contributed by atoms with van der Waals surface area (Å²) in [6.45, 7) is 6.49. The molecule has 0 aromatic carbocycles. The van der Waals surface area contributed by atoms with Crippen LogP contribution in [-0.2, 0) is 14.8 Å². The Labute approximate surface area is 107 Å². The number of rotatable bonds is 3.